The molecular formula is C62H65N13O11S2. The van der Waals surface area contributed by atoms with Gasteiger partial charge in [-0.05, 0) is 129 Å². The summed E-state index contributed by atoms with van der Waals surface area (Å²) in [7, 11) is 5.24. The zero-order valence-electron chi connectivity index (χ0n) is 49.3. The Morgan fingerprint density at radius 3 is 2.32 bits per heavy atom. The number of ketones is 1. The lowest BCUT2D eigenvalue weighted by atomic mass is 9.64. The molecule has 8 bridgehead atoms. The minimum Gasteiger partial charge on any atom is -0.497 e. The largest absolute Gasteiger partial charge is 0.497 e. The standard InChI is InChI=1S/C62H65N13O11S2/c1-10-38-31(3)44-24-49-42-19-17-41(34(6)84-8)53(59(82)85-9)62(42,7)51(70-49)26-45-33(5)39(16-11-30(2)76)47(69-45)25-48-40(32(4)43(68-48)23-46(38)67-44)18-20-52(77)74-75-61(83)86-21-22-87-88-29-50(58(80)81)71-56(78)35-12-14-36(15-13-35)64-27-37-28-65-55-54(66-37)57(79)73-60(63)72-55/h10,12-15,17,19,23-26,28,50,53,64,68,70H,1,6,11,16,18,20-22,27,29H2,2-5,7-9H3,(H,71,78)(H,74,77)(H,75,83)(H,80,81)(H3,63,65,72,73,79)/t50-,53+,62-/m1/s1. The number of hydrogen-bond acceptors (Lipinski definition) is 19. The lowest BCUT2D eigenvalue weighted by molar-refractivity contribution is -0.145. The third kappa shape index (κ3) is 13.4. The Morgan fingerprint density at radius 2 is 1.60 bits per heavy atom. The highest BCUT2D eigenvalue weighted by Gasteiger charge is 2.52. The van der Waals surface area contributed by atoms with Crippen LogP contribution in [-0.4, -0.2) is 119 Å². The Morgan fingerprint density at radius 1 is 0.864 bits per heavy atom. The Hall–Kier alpha value is -9.82. The van der Waals surface area contributed by atoms with Crippen molar-refractivity contribution in [2.75, 3.05) is 43.4 Å². The number of esters is 1. The Kier molecular flexibility index (Phi) is 19.1. The second-order valence-electron chi connectivity index (χ2n) is 21.1. The molecule has 9 rings (SSSR count). The molecule has 0 radical (unpaired) electrons. The molecule has 24 nitrogen and oxygen atoms in total. The predicted molar refractivity (Wildman–Crippen MR) is 338 cm³/mol. The SMILES string of the molecule is C=CC1=C(C)c2cc3[nH]c(cc4nc(cc5[nH]c(cc1n2)c(C)c5CCC(=O)NNC(=O)OCCSSC[C@@H](NC(=O)c1ccc(NCc2cnc5nc(N)[nH]c(=O)c5n2)cc1)C(=O)O)C(CCC(C)=O)=C4C)[C@@]1(C)C3=CC=C(C(=C)OC)[C@H]1C(=O)OC. The van der Waals surface area contributed by atoms with Crippen LogP contribution in [-0.2, 0) is 51.8 Å². The number of nitrogens with one attached hydrogen (secondary N) is 7. The molecule has 10 N–H and O–H groups in total. The number of benzene rings is 1. The van der Waals surface area contributed by atoms with Gasteiger partial charge in [0.05, 0.1) is 60.8 Å². The molecule has 4 aromatic heterocycles. The third-order valence-corrected chi connectivity index (χ3v) is 17.9. The lowest BCUT2D eigenvalue weighted by Gasteiger charge is -2.38. The van der Waals surface area contributed by atoms with Crippen LogP contribution in [0.15, 0.2) is 102 Å². The van der Waals surface area contributed by atoms with Crippen molar-refractivity contribution in [1.82, 2.24) is 56.0 Å². The van der Waals surface area contributed by atoms with Crippen molar-refractivity contribution in [3.8, 4) is 0 Å². The molecule has 7 heterocycles. The van der Waals surface area contributed by atoms with E-state index in [1.165, 1.54) is 43.3 Å². The third-order valence-electron chi connectivity index (χ3n) is 15.5. The van der Waals surface area contributed by atoms with Gasteiger partial charge in [0, 0.05) is 69.2 Å². The molecule has 1 aromatic carbocycles. The minimum absolute atomic E-state index is 0.00443. The van der Waals surface area contributed by atoms with Crippen LogP contribution in [0.3, 0.4) is 0 Å². The lowest BCUT2D eigenvalue weighted by Crippen LogP contribution is -2.42. The van der Waals surface area contributed by atoms with E-state index in [2.05, 4.69) is 64.5 Å². The number of carbonyl (C=O) groups is 6. The van der Waals surface area contributed by atoms with Crippen LogP contribution in [0.5, 0.6) is 0 Å². The molecule has 4 aliphatic rings. The van der Waals surface area contributed by atoms with Gasteiger partial charge in [-0.1, -0.05) is 53.0 Å². The molecular weight excluding hydrogens is 1170 g/mol. The maximum Gasteiger partial charge on any atom is 0.426 e. The number of aliphatic carboxylic acids is 1. The Labute approximate surface area is 512 Å². The fourth-order valence-corrected chi connectivity index (χ4v) is 12.7. The van der Waals surface area contributed by atoms with E-state index in [0.717, 1.165) is 55.3 Å². The number of carboxylic acid groups (broad SMARTS) is 1. The van der Waals surface area contributed by atoms with E-state index < -0.39 is 52.8 Å². The summed E-state index contributed by atoms with van der Waals surface area (Å²) in [6.45, 7) is 17.8. The average Bonchev–Trinajstić information content (AvgIpc) is 1.56. The van der Waals surface area contributed by atoms with Crippen molar-refractivity contribution in [2.45, 2.75) is 78.3 Å². The van der Waals surface area contributed by atoms with E-state index in [-0.39, 0.29) is 72.4 Å². The molecule has 0 saturated carbocycles. The maximum atomic E-state index is 14.0. The van der Waals surface area contributed by atoms with E-state index in [1.807, 2.05) is 64.1 Å². The smallest absolute Gasteiger partial charge is 0.426 e. The summed E-state index contributed by atoms with van der Waals surface area (Å²) in [4.78, 5) is 122. The molecule has 5 aromatic rings. The number of Topliss-reactive ketones (excluding diaryl/α,β-unsaturated/α-hetero) is 1. The minimum atomic E-state index is -1.24. The summed E-state index contributed by atoms with van der Waals surface area (Å²) in [6.07, 6.45) is 6.91. The number of hydrogen-bond donors (Lipinski definition) is 9. The monoisotopic (exact) mass is 1230 g/mol. The number of allylic oxidation sites excluding steroid dienone is 9. The molecule has 3 amide bonds. The van der Waals surface area contributed by atoms with E-state index >= 15 is 0 Å². The number of carbonyl (C=O) groups excluding carboxylic acids is 5. The molecule has 1 aliphatic carbocycles. The molecule has 456 valence electrons. The number of aromatic nitrogens is 8. The number of hydrazine groups is 1. The van der Waals surface area contributed by atoms with Gasteiger partial charge < -0.3 is 50.4 Å². The predicted octanol–water partition coefficient (Wildman–Crippen LogP) is 8.17. The van der Waals surface area contributed by atoms with Gasteiger partial charge in [0.1, 0.15) is 30.1 Å². The fraction of sp³-hybridized carbons (Fsp3) is 0.290. The second-order valence-corrected chi connectivity index (χ2v) is 23.7. The quantitative estimate of drug-likeness (QED) is 0.0104. The van der Waals surface area contributed by atoms with Gasteiger partial charge in [-0.25, -0.2) is 35.0 Å². The van der Waals surface area contributed by atoms with Crippen molar-refractivity contribution in [1.29, 1.82) is 0 Å². The van der Waals surface area contributed by atoms with Crippen molar-refractivity contribution in [3.63, 3.8) is 0 Å². The highest BCUT2D eigenvalue weighted by molar-refractivity contribution is 8.76. The summed E-state index contributed by atoms with van der Waals surface area (Å²) in [5.74, 6) is -3.21. The van der Waals surface area contributed by atoms with Crippen molar-refractivity contribution >= 4 is 119 Å². The van der Waals surface area contributed by atoms with Crippen LogP contribution in [0, 0.1) is 12.8 Å². The number of nitrogen functional groups attached to an aromatic ring is 1. The van der Waals surface area contributed by atoms with E-state index in [0.29, 0.717) is 68.8 Å². The molecule has 3 atom stereocenters. The van der Waals surface area contributed by atoms with Gasteiger partial charge in [-0.2, -0.15) is 4.98 Å². The van der Waals surface area contributed by atoms with Gasteiger partial charge in [0.15, 0.2) is 11.2 Å². The number of nitrogens with zero attached hydrogens (tertiary/aromatic N) is 5. The number of rotatable bonds is 22. The molecule has 0 saturated heterocycles. The van der Waals surface area contributed by atoms with Gasteiger partial charge in [-0.15, -0.1) is 0 Å². The number of ether oxygens (including phenoxy) is 3. The van der Waals surface area contributed by atoms with Gasteiger partial charge in [-0.3, -0.25) is 29.6 Å². The highest BCUT2D eigenvalue weighted by atomic mass is 33.1. The first-order chi connectivity index (χ1) is 42.1. The number of carboxylic acids is 1. The number of anilines is 2. The molecule has 0 unspecified atom stereocenters. The number of fused-ring (bicyclic) bond motifs is 12. The Balaban J connectivity index is 0.845. The molecule has 0 fully saturated rings. The number of methoxy groups -OCH3 is 2. The van der Waals surface area contributed by atoms with Crippen molar-refractivity contribution in [2.24, 2.45) is 5.92 Å². The first-order valence-electron chi connectivity index (χ1n) is 27.8. The van der Waals surface area contributed by atoms with E-state index in [1.54, 1.807) is 25.1 Å². The van der Waals surface area contributed by atoms with Crippen LogP contribution in [0.25, 0.3) is 50.1 Å². The number of amides is 3. The zero-order valence-corrected chi connectivity index (χ0v) is 50.9. The topological polar surface area (TPSA) is 353 Å². The van der Waals surface area contributed by atoms with Crippen LogP contribution in [0.2, 0.25) is 0 Å². The summed E-state index contributed by atoms with van der Waals surface area (Å²) in [5, 5.41) is 15.5. The number of nitrogens with two attached hydrogens (primary N) is 1. The Bertz CT molecular complexity index is 4140. The summed E-state index contributed by atoms with van der Waals surface area (Å²) in [5.41, 5.74) is 21.8. The second kappa shape index (κ2) is 26.8. The van der Waals surface area contributed by atoms with Gasteiger partial charge in [0.2, 0.25) is 11.9 Å². The van der Waals surface area contributed by atoms with Gasteiger partial charge in [0.25, 0.3) is 11.5 Å². The molecule has 26 heteroatoms. The van der Waals surface area contributed by atoms with E-state index in [4.69, 9.17) is 29.9 Å². The maximum absolute atomic E-state index is 14.0. The van der Waals surface area contributed by atoms with Crippen LogP contribution in [0.4, 0.5) is 16.4 Å². The number of aromatic amines is 3. The molecule has 88 heavy (non-hydrogen) atoms. The van der Waals surface area contributed by atoms with Crippen molar-refractivity contribution in [3.05, 3.63) is 164 Å². The molecule has 0 spiro atoms. The summed E-state index contributed by atoms with van der Waals surface area (Å²) >= 11 is 0. The first kappa shape index (κ1) is 62.7. The summed E-state index contributed by atoms with van der Waals surface area (Å²) in [6, 6.07) is 12.8. The number of H-pyrrole nitrogens is 3. The fourth-order valence-electron chi connectivity index (χ4n) is 10.7. The van der Waals surface area contributed by atoms with Crippen LogP contribution in [0.1, 0.15) is 108 Å². The normalized spacial score (nSPS) is 15.9. The van der Waals surface area contributed by atoms with Crippen LogP contribution >= 0.6 is 21.6 Å². The highest BCUT2D eigenvalue weighted by Crippen LogP contribution is 2.54. The summed E-state index contributed by atoms with van der Waals surface area (Å²) < 4.78 is 16.3. The number of aryl methyl sites for hydroxylation is 2. The first-order valence-corrected chi connectivity index (χ1v) is 30.3. The zero-order chi connectivity index (χ0) is 63.1. The van der Waals surface area contributed by atoms with Crippen LogP contribution < -0.4 is 32.8 Å². The molecule has 3 aliphatic heterocycles. The average molecular weight is 1230 g/mol. The van der Waals surface area contributed by atoms with Gasteiger partial charge >= 0.3 is 18.0 Å². The van der Waals surface area contributed by atoms with Crippen molar-refractivity contribution < 1.29 is 48.1 Å². The van der Waals surface area contributed by atoms with E-state index in [9.17, 15) is 38.7 Å².